The van der Waals surface area contributed by atoms with Crippen LogP contribution in [0.1, 0.15) is 45.4 Å². The van der Waals surface area contributed by atoms with Gasteiger partial charge in [-0.3, -0.25) is 14.2 Å². The third kappa shape index (κ3) is 6.49. The van der Waals surface area contributed by atoms with E-state index in [-0.39, 0.29) is 24.1 Å². The molecule has 8 nitrogen and oxygen atoms in total. The maximum Gasteiger partial charge on any atom is 0.251 e. The van der Waals surface area contributed by atoms with Crippen LogP contribution in [0.25, 0.3) is 5.69 Å². The molecule has 2 amide bonds. The highest BCUT2D eigenvalue weighted by atomic mass is 32.2. The monoisotopic (exact) mass is 543 g/mol. The Hall–Kier alpha value is -4.11. The average Bonchev–Trinajstić information content (AvgIpc) is 3.35. The van der Waals surface area contributed by atoms with Gasteiger partial charge in [0.15, 0.2) is 11.0 Å². The topological polar surface area (TPSA) is 98.1 Å². The van der Waals surface area contributed by atoms with Crippen molar-refractivity contribution in [1.29, 1.82) is 0 Å². The quantitative estimate of drug-likeness (QED) is 0.259. The number of amides is 2. The van der Waals surface area contributed by atoms with Gasteiger partial charge in [0.25, 0.3) is 5.91 Å². The van der Waals surface area contributed by atoms with E-state index in [1.807, 2.05) is 55.7 Å². The van der Waals surface area contributed by atoms with Crippen LogP contribution in [0.3, 0.4) is 0 Å². The van der Waals surface area contributed by atoms with Gasteiger partial charge in [-0.15, -0.1) is 10.2 Å². The van der Waals surface area contributed by atoms with Gasteiger partial charge >= 0.3 is 0 Å². The zero-order chi connectivity index (χ0) is 27.9. The van der Waals surface area contributed by atoms with Crippen LogP contribution in [0.5, 0.6) is 5.75 Å². The number of nitrogens with zero attached hydrogens (tertiary/aromatic N) is 3. The molecule has 1 aromatic heterocycles. The van der Waals surface area contributed by atoms with Crippen molar-refractivity contribution in [1.82, 2.24) is 20.1 Å². The maximum absolute atomic E-state index is 12.9. The molecule has 3 aromatic carbocycles. The third-order valence-corrected chi connectivity index (χ3v) is 7.53. The Morgan fingerprint density at radius 3 is 2.38 bits per heavy atom. The van der Waals surface area contributed by atoms with E-state index in [9.17, 15) is 9.59 Å². The number of hydrogen-bond donors (Lipinski definition) is 2. The Kier molecular flexibility index (Phi) is 9.03. The number of carbonyl (C=O) groups is 2. The number of hydrogen-bond acceptors (Lipinski definition) is 6. The van der Waals surface area contributed by atoms with Gasteiger partial charge in [0.05, 0.1) is 25.1 Å². The minimum absolute atomic E-state index is 0.127. The number of aromatic nitrogens is 3. The van der Waals surface area contributed by atoms with E-state index in [1.165, 1.54) is 11.8 Å². The number of ether oxygens (including phenoxy) is 1. The molecule has 4 rings (SSSR count). The first kappa shape index (κ1) is 27.9. The van der Waals surface area contributed by atoms with Crippen molar-refractivity contribution in [3.8, 4) is 11.4 Å². The lowest BCUT2D eigenvalue weighted by Gasteiger charge is -2.17. The molecule has 0 unspecified atom stereocenters. The molecule has 0 aliphatic heterocycles. The highest BCUT2D eigenvalue weighted by Gasteiger charge is 2.20. The SMILES string of the molecule is CCc1cccc(C)c1-n1c(CNC(=O)c2ccc(OC)cc2)nnc1SCC(=O)Nc1cccc(C)c1C. The fourth-order valence-electron chi connectivity index (χ4n) is 4.26. The summed E-state index contributed by atoms with van der Waals surface area (Å²) in [5.41, 5.74) is 6.63. The van der Waals surface area contributed by atoms with Crippen LogP contribution in [0.2, 0.25) is 0 Å². The number of nitrogens with one attached hydrogen (secondary N) is 2. The minimum Gasteiger partial charge on any atom is -0.497 e. The molecule has 0 saturated carbocycles. The standard InChI is InChI=1S/C30H33N5O3S/c1-6-22-11-7-10-20(3)28(22)35-26(17-31-29(37)23-13-15-24(38-5)16-14-23)33-34-30(35)39-18-27(36)32-25-12-8-9-19(2)21(25)4/h7-16H,6,17-18H2,1-5H3,(H,31,37)(H,32,36). The predicted octanol–water partition coefficient (Wildman–Crippen LogP) is 5.42. The van der Waals surface area contributed by atoms with Crippen LogP contribution in [-0.4, -0.2) is 39.4 Å². The summed E-state index contributed by atoms with van der Waals surface area (Å²) in [7, 11) is 1.58. The molecule has 39 heavy (non-hydrogen) atoms. The molecule has 0 saturated heterocycles. The van der Waals surface area contributed by atoms with E-state index >= 15 is 0 Å². The number of thioether (sulfide) groups is 1. The number of methoxy groups -OCH3 is 1. The van der Waals surface area contributed by atoms with E-state index in [1.54, 1.807) is 31.4 Å². The van der Waals surface area contributed by atoms with Crippen molar-refractivity contribution in [2.75, 3.05) is 18.2 Å². The summed E-state index contributed by atoms with van der Waals surface area (Å²) >= 11 is 1.31. The first-order valence-electron chi connectivity index (χ1n) is 12.8. The van der Waals surface area contributed by atoms with E-state index in [2.05, 4.69) is 33.8 Å². The lowest BCUT2D eigenvalue weighted by Crippen LogP contribution is -2.25. The highest BCUT2D eigenvalue weighted by Crippen LogP contribution is 2.28. The van der Waals surface area contributed by atoms with Gasteiger partial charge in [0, 0.05) is 11.3 Å². The van der Waals surface area contributed by atoms with E-state index < -0.39 is 0 Å². The summed E-state index contributed by atoms with van der Waals surface area (Å²) in [4.78, 5) is 25.7. The molecule has 0 radical (unpaired) electrons. The van der Waals surface area contributed by atoms with Crippen LogP contribution < -0.4 is 15.4 Å². The molecular formula is C30H33N5O3S. The third-order valence-electron chi connectivity index (χ3n) is 6.60. The molecule has 4 aromatic rings. The summed E-state index contributed by atoms with van der Waals surface area (Å²) in [5.74, 6) is 1.07. The van der Waals surface area contributed by atoms with Crippen molar-refractivity contribution in [3.63, 3.8) is 0 Å². The molecule has 0 aliphatic rings. The number of aryl methyl sites for hydroxylation is 3. The normalized spacial score (nSPS) is 10.8. The van der Waals surface area contributed by atoms with Crippen LogP contribution in [-0.2, 0) is 17.8 Å². The second kappa shape index (κ2) is 12.6. The molecule has 0 atom stereocenters. The average molecular weight is 544 g/mol. The fraction of sp³-hybridized carbons (Fsp3) is 0.267. The lowest BCUT2D eigenvalue weighted by molar-refractivity contribution is -0.113. The van der Waals surface area contributed by atoms with Gasteiger partial charge < -0.3 is 15.4 Å². The van der Waals surface area contributed by atoms with Gasteiger partial charge in [-0.05, 0) is 79.8 Å². The largest absolute Gasteiger partial charge is 0.497 e. The van der Waals surface area contributed by atoms with Gasteiger partial charge in [0.2, 0.25) is 5.91 Å². The van der Waals surface area contributed by atoms with Crippen molar-refractivity contribution < 1.29 is 14.3 Å². The summed E-state index contributed by atoms with van der Waals surface area (Å²) < 4.78 is 7.14. The minimum atomic E-state index is -0.227. The Labute approximate surface area is 233 Å². The Morgan fingerprint density at radius 1 is 0.949 bits per heavy atom. The number of carbonyl (C=O) groups excluding carboxylic acids is 2. The lowest BCUT2D eigenvalue weighted by atomic mass is 10.1. The van der Waals surface area contributed by atoms with Gasteiger partial charge in [-0.1, -0.05) is 49.0 Å². The van der Waals surface area contributed by atoms with Crippen LogP contribution in [0.15, 0.2) is 65.8 Å². The number of anilines is 1. The first-order chi connectivity index (χ1) is 18.8. The molecule has 0 aliphatic carbocycles. The number of rotatable bonds is 10. The smallest absolute Gasteiger partial charge is 0.251 e. The van der Waals surface area contributed by atoms with E-state index in [0.717, 1.165) is 40.0 Å². The first-order valence-corrected chi connectivity index (χ1v) is 13.7. The molecule has 202 valence electrons. The van der Waals surface area contributed by atoms with Crippen molar-refractivity contribution in [3.05, 3.63) is 94.3 Å². The van der Waals surface area contributed by atoms with E-state index in [4.69, 9.17) is 4.74 Å². The van der Waals surface area contributed by atoms with Gasteiger partial charge in [0.1, 0.15) is 5.75 Å². The number of benzene rings is 3. The van der Waals surface area contributed by atoms with Crippen molar-refractivity contribution in [2.45, 2.75) is 45.8 Å². The maximum atomic E-state index is 12.9. The zero-order valence-corrected chi connectivity index (χ0v) is 23.7. The molecule has 0 spiro atoms. The molecular weight excluding hydrogens is 510 g/mol. The summed E-state index contributed by atoms with van der Waals surface area (Å²) in [5, 5.41) is 15.4. The fourth-order valence-corrected chi connectivity index (χ4v) is 5.02. The van der Waals surface area contributed by atoms with Gasteiger partial charge in [-0.25, -0.2) is 0 Å². The molecule has 0 fully saturated rings. The highest BCUT2D eigenvalue weighted by molar-refractivity contribution is 7.99. The molecule has 1 heterocycles. The Balaban J connectivity index is 1.57. The van der Waals surface area contributed by atoms with E-state index in [0.29, 0.717) is 22.3 Å². The van der Waals surface area contributed by atoms with Crippen molar-refractivity contribution in [2.24, 2.45) is 0 Å². The Bertz CT molecular complexity index is 1480. The second-order valence-corrected chi connectivity index (χ2v) is 10.1. The zero-order valence-electron chi connectivity index (χ0n) is 22.9. The Morgan fingerprint density at radius 2 is 1.67 bits per heavy atom. The summed E-state index contributed by atoms with van der Waals surface area (Å²) in [6, 6.07) is 18.9. The predicted molar refractivity (Wildman–Crippen MR) is 155 cm³/mol. The molecule has 0 bridgehead atoms. The summed E-state index contributed by atoms with van der Waals surface area (Å²) in [6.45, 7) is 8.31. The second-order valence-electron chi connectivity index (χ2n) is 9.17. The molecule has 2 N–H and O–H groups in total. The molecule has 9 heteroatoms. The van der Waals surface area contributed by atoms with Crippen LogP contribution >= 0.6 is 11.8 Å². The summed E-state index contributed by atoms with van der Waals surface area (Å²) in [6.07, 6.45) is 0.810. The number of para-hydroxylation sites is 1. The van der Waals surface area contributed by atoms with Crippen LogP contribution in [0.4, 0.5) is 5.69 Å². The van der Waals surface area contributed by atoms with Crippen LogP contribution in [0, 0.1) is 20.8 Å². The van der Waals surface area contributed by atoms with Crippen molar-refractivity contribution >= 4 is 29.3 Å². The van der Waals surface area contributed by atoms with Gasteiger partial charge in [-0.2, -0.15) is 0 Å².